The Morgan fingerprint density at radius 2 is 2.20 bits per heavy atom. The number of aliphatic carboxylic acids is 1. The maximum absolute atomic E-state index is 11.7. The molecule has 9 heteroatoms. The number of hydrogen-bond acceptors (Lipinski definition) is 6. The van der Waals surface area contributed by atoms with Crippen molar-refractivity contribution >= 4 is 11.9 Å². The number of pyridine rings is 1. The summed E-state index contributed by atoms with van der Waals surface area (Å²) in [6, 6.07) is -1.32. The molecule has 0 aromatic heterocycles. The molecule has 2 aliphatic rings. The van der Waals surface area contributed by atoms with Gasteiger partial charge < -0.3 is 19.5 Å². The summed E-state index contributed by atoms with van der Waals surface area (Å²) < 4.78 is 5.63. The summed E-state index contributed by atoms with van der Waals surface area (Å²) >= 11 is 0. The average molecular weight is 281 g/mol. The van der Waals surface area contributed by atoms with E-state index in [9.17, 15) is 14.4 Å². The van der Waals surface area contributed by atoms with Crippen LogP contribution in [0.2, 0.25) is 0 Å². The van der Waals surface area contributed by atoms with Crippen molar-refractivity contribution in [1.82, 2.24) is 14.8 Å². The van der Waals surface area contributed by atoms with Crippen LogP contribution in [-0.4, -0.2) is 50.6 Å². The van der Waals surface area contributed by atoms with Crippen molar-refractivity contribution < 1.29 is 24.5 Å². The number of ether oxygens (including phenoxy) is 1. The summed E-state index contributed by atoms with van der Waals surface area (Å²) in [4.78, 5) is 34.3. The van der Waals surface area contributed by atoms with E-state index in [4.69, 9.17) is 10.2 Å². The second kappa shape index (κ2) is 5.13. The topological polar surface area (TPSA) is 135 Å². The van der Waals surface area contributed by atoms with Gasteiger partial charge in [-0.2, -0.15) is 5.10 Å². The number of nitrogens with one attached hydrogen (secondary N) is 1. The monoisotopic (exact) mass is 281 g/mol. The van der Waals surface area contributed by atoms with E-state index in [0.717, 1.165) is 11.7 Å². The smallest absolute Gasteiger partial charge is 0.341 e. The highest BCUT2D eigenvalue weighted by Gasteiger charge is 2.26. The Labute approximate surface area is 111 Å². The highest BCUT2D eigenvalue weighted by Crippen LogP contribution is 2.22. The van der Waals surface area contributed by atoms with Crippen molar-refractivity contribution in [1.29, 1.82) is 0 Å². The molecule has 106 valence electrons. The second-order valence-corrected chi connectivity index (χ2v) is 3.96. The zero-order valence-electron chi connectivity index (χ0n) is 10.4. The van der Waals surface area contributed by atoms with Gasteiger partial charge >= 0.3 is 11.9 Å². The van der Waals surface area contributed by atoms with Crippen LogP contribution in [0.3, 0.4) is 0 Å². The van der Waals surface area contributed by atoms with Gasteiger partial charge in [-0.1, -0.05) is 0 Å². The number of carboxylic acids is 1. The summed E-state index contributed by atoms with van der Waals surface area (Å²) in [6.07, 6.45) is 2.38. The molecule has 9 nitrogen and oxygen atoms in total. The maximum Gasteiger partial charge on any atom is 0.341 e. The zero-order chi connectivity index (χ0) is 14.9. The van der Waals surface area contributed by atoms with Crippen LogP contribution in [-0.2, 0) is 9.53 Å². The van der Waals surface area contributed by atoms with Gasteiger partial charge in [-0.25, -0.2) is 14.7 Å². The van der Waals surface area contributed by atoms with Crippen LogP contribution < -0.4 is 5.56 Å². The van der Waals surface area contributed by atoms with Gasteiger partial charge in [0.25, 0.3) is 5.56 Å². The van der Waals surface area contributed by atoms with Crippen molar-refractivity contribution in [3.05, 3.63) is 28.3 Å². The number of nitrogens with zero attached hydrogens (tertiary/aromatic N) is 2. The third-order valence-electron chi connectivity index (χ3n) is 2.80. The largest absolute Gasteiger partial charge is 0.480 e. The molecule has 3 N–H and O–H groups in total. The number of carbonyl (C=O) groups excluding carboxylic acids is 1. The summed E-state index contributed by atoms with van der Waals surface area (Å²) in [6.45, 7) is -0.696. The summed E-state index contributed by atoms with van der Waals surface area (Å²) in [5.41, 5.74) is -0.516. The van der Waals surface area contributed by atoms with Crippen molar-refractivity contribution in [2.75, 3.05) is 13.7 Å². The first-order chi connectivity index (χ1) is 9.49. The molecule has 0 saturated carbocycles. The number of aliphatic hydroxyl groups is 1. The van der Waals surface area contributed by atoms with E-state index >= 15 is 0 Å². The third-order valence-corrected chi connectivity index (χ3v) is 2.80. The Kier molecular flexibility index (Phi) is 3.53. The number of H-pyrrole nitrogens is 1. The minimum atomic E-state index is -1.32. The predicted octanol–water partition coefficient (Wildman–Crippen LogP) is -0.919. The number of aliphatic hydroxyl groups excluding tert-OH is 1. The molecule has 0 bridgehead atoms. The summed E-state index contributed by atoms with van der Waals surface area (Å²) in [5.74, 6) is -2.07. The molecule has 1 atom stereocenters. The van der Waals surface area contributed by atoms with E-state index in [1.54, 1.807) is 0 Å². The van der Waals surface area contributed by atoms with Gasteiger partial charge in [-0.05, 0) is 0 Å². The van der Waals surface area contributed by atoms with Crippen LogP contribution in [0.15, 0.2) is 17.2 Å². The molecule has 2 rings (SSSR count). The Bertz CT molecular complexity index is 688. The van der Waals surface area contributed by atoms with Gasteiger partial charge in [-0.15, -0.1) is 0 Å². The Balaban J connectivity index is 2.70. The molecule has 20 heavy (non-hydrogen) atoms. The van der Waals surface area contributed by atoms with Crippen LogP contribution in [0.25, 0.3) is 11.3 Å². The lowest BCUT2D eigenvalue weighted by molar-refractivity contribution is -0.142. The first-order valence-corrected chi connectivity index (χ1v) is 5.51. The number of methoxy groups -OCH3 is 1. The first-order valence-electron chi connectivity index (χ1n) is 5.51. The van der Waals surface area contributed by atoms with E-state index in [1.165, 1.54) is 12.4 Å². The maximum atomic E-state index is 11.7. The number of carbonyl (C=O) groups is 2. The van der Waals surface area contributed by atoms with Crippen LogP contribution >= 0.6 is 0 Å². The minimum Gasteiger partial charge on any atom is -0.480 e. The second-order valence-electron chi connectivity index (χ2n) is 3.96. The standard InChI is InChI=1S/C11H11N3O6/c1-20-11(19)6-3-14(7(4-15)10(17)18)2-5-8(6)12-13-9(5)16/h2-3,7,15H,4H2,1H3,(H,13,16)(H,17,18)/t7-/m0/s1. The van der Waals surface area contributed by atoms with Crippen LogP contribution in [0.5, 0.6) is 0 Å². The number of esters is 1. The highest BCUT2D eigenvalue weighted by molar-refractivity contribution is 5.96. The number of carboxylic acid groups (broad SMARTS) is 1. The number of aromatic nitrogens is 3. The van der Waals surface area contributed by atoms with E-state index in [0.29, 0.717) is 0 Å². The molecule has 0 fully saturated rings. The molecule has 0 amide bonds. The average Bonchev–Trinajstić information content (AvgIpc) is 2.79. The van der Waals surface area contributed by atoms with E-state index in [-0.39, 0.29) is 16.8 Å². The van der Waals surface area contributed by atoms with Gasteiger partial charge in [-0.3, -0.25) is 4.79 Å². The molecule has 2 aliphatic heterocycles. The van der Waals surface area contributed by atoms with Gasteiger partial charge in [0.2, 0.25) is 0 Å². The van der Waals surface area contributed by atoms with Crippen molar-refractivity contribution in [3.8, 4) is 11.3 Å². The van der Waals surface area contributed by atoms with Gasteiger partial charge in [0.05, 0.1) is 19.3 Å². The number of aromatic amines is 1. The first kappa shape index (κ1) is 13.7. The molecule has 0 spiro atoms. The van der Waals surface area contributed by atoms with Crippen molar-refractivity contribution in [3.63, 3.8) is 0 Å². The molecule has 0 unspecified atom stereocenters. The number of hydrogen-bond donors (Lipinski definition) is 3. The van der Waals surface area contributed by atoms with E-state index < -0.39 is 30.1 Å². The van der Waals surface area contributed by atoms with Crippen LogP contribution in [0.4, 0.5) is 0 Å². The van der Waals surface area contributed by atoms with Crippen molar-refractivity contribution in [2.45, 2.75) is 6.04 Å². The molecule has 0 aromatic rings. The van der Waals surface area contributed by atoms with Gasteiger partial charge in [0.1, 0.15) is 11.3 Å². The molecular weight excluding hydrogens is 270 g/mol. The molecule has 2 heterocycles. The van der Waals surface area contributed by atoms with Crippen molar-refractivity contribution in [2.24, 2.45) is 0 Å². The number of fused-ring (bicyclic) bond motifs is 1. The quantitative estimate of drug-likeness (QED) is 0.617. The molecule has 0 saturated heterocycles. The van der Waals surface area contributed by atoms with E-state index in [1.807, 2.05) is 0 Å². The van der Waals surface area contributed by atoms with Gasteiger partial charge in [0, 0.05) is 12.4 Å². The SMILES string of the molecule is COC(=O)c1cn([C@@H](CO)C(=O)O)cc2c(=O)[nH]nc1-2. The summed E-state index contributed by atoms with van der Waals surface area (Å²) in [5, 5.41) is 24.0. The Hall–Kier alpha value is -2.68. The normalized spacial score (nSPS) is 12.3. The zero-order valence-corrected chi connectivity index (χ0v) is 10.4. The lowest BCUT2D eigenvalue weighted by Gasteiger charge is -2.16. The lowest BCUT2D eigenvalue weighted by atomic mass is 10.1. The molecule has 0 aromatic carbocycles. The van der Waals surface area contributed by atoms with Gasteiger partial charge in [0.15, 0.2) is 6.04 Å². The van der Waals surface area contributed by atoms with Crippen LogP contribution in [0.1, 0.15) is 16.4 Å². The molecule has 0 radical (unpaired) electrons. The fourth-order valence-corrected chi connectivity index (χ4v) is 1.80. The van der Waals surface area contributed by atoms with Crippen LogP contribution in [0, 0.1) is 0 Å². The highest BCUT2D eigenvalue weighted by atomic mass is 16.5. The van der Waals surface area contributed by atoms with E-state index in [2.05, 4.69) is 14.9 Å². The third kappa shape index (κ3) is 2.14. The lowest BCUT2D eigenvalue weighted by Crippen LogP contribution is -2.24. The summed E-state index contributed by atoms with van der Waals surface area (Å²) in [7, 11) is 1.15. The molecule has 0 aliphatic carbocycles. The minimum absolute atomic E-state index is 0.0348. The predicted molar refractivity (Wildman–Crippen MR) is 64.6 cm³/mol. The number of rotatable bonds is 4. The molecular formula is C11H11N3O6. The fourth-order valence-electron chi connectivity index (χ4n) is 1.80. The Morgan fingerprint density at radius 3 is 2.75 bits per heavy atom. The fraction of sp³-hybridized carbons (Fsp3) is 0.273. The Morgan fingerprint density at radius 1 is 1.50 bits per heavy atom.